The molecule has 0 aliphatic heterocycles. The van der Waals surface area contributed by atoms with E-state index in [1.54, 1.807) is 0 Å². The third-order valence-corrected chi connectivity index (χ3v) is 12.8. The summed E-state index contributed by atoms with van der Waals surface area (Å²) in [5, 5.41) is 5.36. The fraction of sp³-hybridized carbons (Fsp3) is 0.0400. The van der Waals surface area contributed by atoms with E-state index in [0.29, 0.717) is 0 Å². The molecular formula is C50H34S2. The summed E-state index contributed by atoms with van der Waals surface area (Å²) in [6, 6.07) is 63.1. The molecule has 0 radical (unpaired) electrons. The predicted octanol–water partition coefficient (Wildman–Crippen LogP) is 15.4. The summed E-state index contributed by atoms with van der Waals surface area (Å²) in [6.07, 6.45) is 0. The van der Waals surface area contributed by atoms with Crippen molar-refractivity contribution in [3.8, 4) is 55.6 Å². The van der Waals surface area contributed by atoms with Gasteiger partial charge in [0, 0.05) is 40.3 Å². The van der Waals surface area contributed by atoms with Crippen molar-refractivity contribution in [1.29, 1.82) is 0 Å². The van der Waals surface area contributed by atoms with Gasteiger partial charge in [-0.3, -0.25) is 0 Å². The number of thiophene rings is 2. The second-order valence-electron chi connectivity index (χ2n) is 13.8. The van der Waals surface area contributed by atoms with Gasteiger partial charge in [-0.05, 0) is 129 Å². The lowest BCUT2D eigenvalue weighted by molar-refractivity contribution is 1.45. The Kier molecular flexibility index (Phi) is 7.42. The maximum atomic E-state index is 2.37. The summed E-state index contributed by atoms with van der Waals surface area (Å²) in [5.41, 5.74) is 15.0. The number of hydrogen-bond donors (Lipinski definition) is 0. The highest BCUT2D eigenvalue weighted by Gasteiger charge is 2.13. The summed E-state index contributed by atoms with van der Waals surface area (Å²) in [7, 11) is 0. The molecule has 0 amide bonds. The SMILES string of the molecule is Cc1ccc(-c2cccc(-c3cccc(-c4ccc(C)c(-c5ccc6c(c5)sc5ccccc56)c4)c3)c2)cc1-c1ccc2c(c1)sc1ccccc12. The Balaban J connectivity index is 0.979. The molecule has 0 saturated carbocycles. The highest BCUT2D eigenvalue weighted by atomic mass is 32.1. The normalized spacial score (nSPS) is 11.7. The van der Waals surface area contributed by atoms with Gasteiger partial charge in [0.15, 0.2) is 0 Å². The molecular weight excluding hydrogens is 665 g/mol. The van der Waals surface area contributed by atoms with Crippen LogP contribution in [0, 0.1) is 13.8 Å². The topological polar surface area (TPSA) is 0 Å². The molecule has 52 heavy (non-hydrogen) atoms. The van der Waals surface area contributed by atoms with E-state index in [0.717, 1.165) is 0 Å². The van der Waals surface area contributed by atoms with Crippen LogP contribution < -0.4 is 0 Å². The molecule has 10 aromatic rings. The van der Waals surface area contributed by atoms with E-state index >= 15 is 0 Å². The standard InChI is InChI=1S/C50H34S2/c1-31-17-19-37(27-45(31)39-21-23-43-41-13-3-5-15-47(41)51-49(43)29-39)35-11-7-9-33(25-35)34-10-8-12-36(26-34)38-20-18-32(2)46(28-38)40-22-24-44-42-14-4-6-16-48(42)52-50(44)30-40/h3-30H,1-2H3. The molecule has 2 heteroatoms. The number of aryl methyl sites for hydroxylation is 2. The molecule has 0 spiro atoms. The maximum absolute atomic E-state index is 2.37. The number of rotatable bonds is 5. The van der Waals surface area contributed by atoms with Gasteiger partial charge in [0.05, 0.1) is 0 Å². The van der Waals surface area contributed by atoms with Crippen LogP contribution >= 0.6 is 22.7 Å². The van der Waals surface area contributed by atoms with E-state index < -0.39 is 0 Å². The van der Waals surface area contributed by atoms with Crippen molar-refractivity contribution in [2.24, 2.45) is 0 Å². The van der Waals surface area contributed by atoms with E-state index in [2.05, 4.69) is 184 Å². The lowest BCUT2D eigenvalue weighted by Crippen LogP contribution is -1.88. The second-order valence-corrected chi connectivity index (χ2v) is 16.0. The molecule has 0 nitrogen and oxygen atoms in total. The Labute approximate surface area is 311 Å². The lowest BCUT2D eigenvalue weighted by Gasteiger charge is -2.13. The van der Waals surface area contributed by atoms with Crippen LogP contribution in [0.2, 0.25) is 0 Å². The number of benzene rings is 8. The average molecular weight is 699 g/mol. The minimum absolute atomic E-state index is 1.22. The molecule has 0 N–H and O–H groups in total. The summed E-state index contributed by atoms with van der Waals surface area (Å²) >= 11 is 3.75. The third-order valence-electron chi connectivity index (χ3n) is 10.6. The van der Waals surface area contributed by atoms with Gasteiger partial charge in [-0.15, -0.1) is 22.7 Å². The summed E-state index contributed by atoms with van der Waals surface area (Å²) in [4.78, 5) is 0. The van der Waals surface area contributed by atoms with Crippen molar-refractivity contribution >= 4 is 63.0 Å². The van der Waals surface area contributed by atoms with Crippen molar-refractivity contribution in [1.82, 2.24) is 0 Å². The largest absolute Gasteiger partial charge is 0.135 e. The van der Waals surface area contributed by atoms with Crippen LogP contribution in [0.15, 0.2) is 170 Å². The number of hydrogen-bond acceptors (Lipinski definition) is 2. The molecule has 0 bridgehead atoms. The Bertz CT molecular complexity index is 2790. The highest BCUT2D eigenvalue weighted by molar-refractivity contribution is 7.26. The fourth-order valence-corrected chi connectivity index (χ4v) is 10.1. The van der Waals surface area contributed by atoms with Crippen molar-refractivity contribution in [3.63, 3.8) is 0 Å². The van der Waals surface area contributed by atoms with Crippen molar-refractivity contribution in [3.05, 3.63) is 181 Å². The molecule has 2 heterocycles. The van der Waals surface area contributed by atoms with Crippen LogP contribution in [0.3, 0.4) is 0 Å². The van der Waals surface area contributed by atoms with Crippen LogP contribution in [-0.4, -0.2) is 0 Å². The summed E-state index contributed by atoms with van der Waals surface area (Å²) < 4.78 is 5.36. The van der Waals surface area contributed by atoms with Crippen molar-refractivity contribution < 1.29 is 0 Å². The Hall–Kier alpha value is -5.80. The molecule has 0 unspecified atom stereocenters. The third kappa shape index (κ3) is 5.35. The second kappa shape index (κ2) is 12.5. The molecule has 0 saturated heterocycles. The van der Waals surface area contributed by atoms with Crippen LogP contribution in [0.4, 0.5) is 0 Å². The first-order chi connectivity index (χ1) is 25.6. The highest BCUT2D eigenvalue weighted by Crippen LogP contribution is 2.40. The zero-order valence-corrected chi connectivity index (χ0v) is 30.6. The first-order valence-corrected chi connectivity index (χ1v) is 19.4. The van der Waals surface area contributed by atoms with Crippen LogP contribution in [-0.2, 0) is 0 Å². The lowest BCUT2D eigenvalue weighted by atomic mass is 9.92. The summed E-state index contributed by atoms with van der Waals surface area (Å²) in [5.74, 6) is 0. The van der Waals surface area contributed by atoms with Gasteiger partial charge in [0.25, 0.3) is 0 Å². The minimum atomic E-state index is 1.22. The summed E-state index contributed by atoms with van der Waals surface area (Å²) in [6.45, 7) is 4.43. The molecule has 2 aromatic heterocycles. The van der Waals surface area contributed by atoms with Crippen molar-refractivity contribution in [2.75, 3.05) is 0 Å². The molecule has 0 atom stereocenters. The van der Waals surface area contributed by atoms with Crippen LogP contribution in [0.5, 0.6) is 0 Å². The van der Waals surface area contributed by atoms with Gasteiger partial charge in [-0.1, -0.05) is 121 Å². The van der Waals surface area contributed by atoms with Gasteiger partial charge in [-0.2, -0.15) is 0 Å². The monoisotopic (exact) mass is 698 g/mol. The Morgan fingerprint density at radius 2 is 0.635 bits per heavy atom. The molecule has 8 aromatic carbocycles. The van der Waals surface area contributed by atoms with E-state index in [1.165, 1.54) is 107 Å². The van der Waals surface area contributed by atoms with Gasteiger partial charge in [0.2, 0.25) is 0 Å². The Morgan fingerprint density at radius 3 is 1.08 bits per heavy atom. The predicted molar refractivity (Wildman–Crippen MR) is 229 cm³/mol. The quantitative estimate of drug-likeness (QED) is 0.168. The van der Waals surface area contributed by atoms with E-state index in [1.807, 2.05) is 22.7 Å². The average Bonchev–Trinajstić information content (AvgIpc) is 3.76. The van der Waals surface area contributed by atoms with Gasteiger partial charge < -0.3 is 0 Å². The number of fused-ring (bicyclic) bond motifs is 6. The zero-order valence-electron chi connectivity index (χ0n) is 29.0. The van der Waals surface area contributed by atoms with E-state index in [9.17, 15) is 0 Å². The molecule has 0 fully saturated rings. The fourth-order valence-electron chi connectivity index (χ4n) is 7.77. The first kappa shape index (κ1) is 31.0. The van der Waals surface area contributed by atoms with E-state index in [-0.39, 0.29) is 0 Å². The van der Waals surface area contributed by atoms with Crippen LogP contribution in [0.25, 0.3) is 96.0 Å². The van der Waals surface area contributed by atoms with Gasteiger partial charge >= 0.3 is 0 Å². The molecule has 0 aliphatic rings. The van der Waals surface area contributed by atoms with E-state index in [4.69, 9.17) is 0 Å². The Morgan fingerprint density at radius 1 is 0.269 bits per heavy atom. The van der Waals surface area contributed by atoms with Crippen molar-refractivity contribution in [2.45, 2.75) is 13.8 Å². The minimum Gasteiger partial charge on any atom is -0.135 e. The molecule has 10 rings (SSSR count). The van der Waals surface area contributed by atoms with Gasteiger partial charge in [0.1, 0.15) is 0 Å². The molecule has 0 aliphatic carbocycles. The van der Waals surface area contributed by atoms with Gasteiger partial charge in [-0.25, -0.2) is 0 Å². The maximum Gasteiger partial charge on any atom is 0.0361 e. The molecule has 246 valence electrons. The van der Waals surface area contributed by atoms with Crippen LogP contribution in [0.1, 0.15) is 11.1 Å². The zero-order chi connectivity index (χ0) is 34.8. The first-order valence-electron chi connectivity index (χ1n) is 17.8. The smallest absolute Gasteiger partial charge is 0.0361 e.